The van der Waals surface area contributed by atoms with Crippen LogP contribution in [0.2, 0.25) is 0 Å². The third-order valence-electron chi connectivity index (χ3n) is 6.39. The molecule has 0 saturated carbocycles. The number of nitrogens with one attached hydrogen (secondary N) is 2. The van der Waals surface area contributed by atoms with Gasteiger partial charge in [0.25, 0.3) is 5.91 Å². The van der Waals surface area contributed by atoms with E-state index in [9.17, 15) is 14.4 Å². The molecule has 0 aliphatic carbocycles. The lowest BCUT2D eigenvalue weighted by Crippen LogP contribution is -2.52. The average molecular weight is 465 g/mol. The molecule has 2 aromatic carbocycles. The number of benzene rings is 2. The van der Waals surface area contributed by atoms with Gasteiger partial charge in [0.1, 0.15) is 11.7 Å². The molecule has 6 rings (SSSR count). The lowest BCUT2D eigenvalue weighted by molar-refractivity contribution is -0.136. The Balaban J connectivity index is 0.00000228. The second-order valence-electron chi connectivity index (χ2n) is 8.34. The molecule has 0 radical (unpaired) electrons. The second-order valence-corrected chi connectivity index (χ2v) is 8.34. The number of anilines is 1. The van der Waals surface area contributed by atoms with Gasteiger partial charge in [0.2, 0.25) is 11.8 Å². The van der Waals surface area contributed by atoms with Crippen molar-refractivity contribution in [3.63, 3.8) is 0 Å². The van der Waals surface area contributed by atoms with Crippen LogP contribution in [0, 0.1) is 0 Å². The molecule has 10 heteroatoms. The van der Waals surface area contributed by atoms with Crippen LogP contribution in [-0.2, 0) is 22.6 Å². The highest BCUT2D eigenvalue weighted by Gasteiger charge is 2.39. The molecule has 3 amide bonds. The first-order chi connectivity index (χ1) is 15.6. The Morgan fingerprint density at radius 3 is 2.70 bits per heavy atom. The van der Waals surface area contributed by atoms with Crippen molar-refractivity contribution in [1.82, 2.24) is 25.2 Å². The van der Waals surface area contributed by atoms with E-state index >= 15 is 0 Å². The summed E-state index contributed by atoms with van der Waals surface area (Å²) in [7, 11) is 0. The predicted molar refractivity (Wildman–Crippen MR) is 122 cm³/mol. The van der Waals surface area contributed by atoms with Gasteiger partial charge in [0.15, 0.2) is 0 Å². The van der Waals surface area contributed by atoms with E-state index in [0.717, 1.165) is 41.2 Å². The molecule has 0 bridgehead atoms. The standard InChI is InChI=1S/C23H20N6O3.ClH/c30-21-6-5-20(22(31)25-21)28-11-15-3-4-16(10-17(15)23(28)32)29-12-19(26-27-29)14-2-1-13-7-8-24-18(13)9-14;/h1-4,9-10,12,20,24H,5-8,11H2,(H,25,30,31);1H. The van der Waals surface area contributed by atoms with Gasteiger partial charge in [-0.1, -0.05) is 23.4 Å². The molecule has 3 aliphatic rings. The number of carbonyl (C=O) groups excluding carboxylic acids is 3. The maximum absolute atomic E-state index is 13.1. The zero-order chi connectivity index (χ0) is 21.8. The van der Waals surface area contributed by atoms with Crippen molar-refractivity contribution in [1.29, 1.82) is 0 Å². The summed E-state index contributed by atoms with van der Waals surface area (Å²) in [5, 5.41) is 14.3. The van der Waals surface area contributed by atoms with Gasteiger partial charge < -0.3 is 10.2 Å². The number of carbonyl (C=O) groups is 3. The Labute approximate surface area is 195 Å². The molecule has 168 valence electrons. The van der Waals surface area contributed by atoms with E-state index in [4.69, 9.17) is 0 Å². The number of fused-ring (bicyclic) bond motifs is 2. The largest absolute Gasteiger partial charge is 0.384 e. The van der Waals surface area contributed by atoms with Gasteiger partial charge in [-0.2, -0.15) is 0 Å². The van der Waals surface area contributed by atoms with Crippen LogP contribution in [0.25, 0.3) is 16.9 Å². The molecule has 1 aromatic heterocycles. The fraction of sp³-hybridized carbons (Fsp3) is 0.261. The molecular weight excluding hydrogens is 444 g/mol. The maximum Gasteiger partial charge on any atom is 0.255 e. The molecule has 3 aromatic rings. The summed E-state index contributed by atoms with van der Waals surface area (Å²) in [6.45, 7) is 1.30. The number of aromatic nitrogens is 3. The van der Waals surface area contributed by atoms with Gasteiger partial charge in [-0.3, -0.25) is 19.7 Å². The van der Waals surface area contributed by atoms with E-state index in [0.29, 0.717) is 18.5 Å². The minimum atomic E-state index is -0.623. The molecule has 2 N–H and O–H groups in total. The average Bonchev–Trinajstić information content (AvgIpc) is 3.52. The first kappa shape index (κ1) is 21.1. The minimum Gasteiger partial charge on any atom is -0.384 e. The van der Waals surface area contributed by atoms with Gasteiger partial charge in [-0.05, 0) is 42.2 Å². The number of imide groups is 1. The Morgan fingerprint density at radius 1 is 1.00 bits per heavy atom. The van der Waals surface area contributed by atoms with E-state index in [-0.39, 0.29) is 30.6 Å². The van der Waals surface area contributed by atoms with Gasteiger partial charge in [-0.25, -0.2) is 4.68 Å². The van der Waals surface area contributed by atoms with E-state index in [1.54, 1.807) is 15.6 Å². The Morgan fingerprint density at radius 2 is 1.85 bits per heavy atom. The van der Waals surface area contributed by atoms with Crippen LogP contribution in [0.1, 0.15) is 34.3 Å². The first-order valence-electron chi connectivity index (χ1n) is 10.6. The van der Waals surface area contributed by atoms with Crippen molar-refractivity contribution in [2.45, 2.75) is 31.8 Å². The van der Waals surface area contributed by atoms with Gasteiger partial charge in [-0.15, -0.1) is 17.5 Å². The lowest BCUT2D eigenvalue weighted by atomic mass is 10.0. The summed E-state index contributed by atoms with van der Waals surface area (Å²) >= 11 is 0. The van der Waals surface area contributed by atoms with Crippen LogP contribution >= 0.6 is 12.4 Å². The maximum atomic E-state index is 13.1. The zero-order valence-electron chi connectivity index (χ0n) is 17.6. The molecule has 3 aliphatic heterocycles. The molecule has 1 saturated heterocycles. The van der Waals surface area contributed by atoms with Crippen LogP contribution < -0.4 is 10.6 Å². The molecule has 4 heterocycles. The van der Waals surface area contributed by atoms with Crippen LogP contribution in [0.5, 0.6) is 0 Å². The summed E-state index contributed by atoms with van der Waals surface area (Å²) in [6.07, 6.45) is 3.46. The van der Waals surface area contributed by atoms with Gasteiger partial charge in [0.05, 0.1) is 11.9 Å². The number of hydrogen-bond acceptors (Lipinski definition) is 6. The second kappa shape index (κ2) is 8.00. The van der Waals surface area contributed by atoms with Crippen molar-refractivity contribution < 1.29 is 14.4 Å². The summed E-state index contributed by atoms with van der Waals surface area (Å²) in [5.41, 5.74) is 6.29. The highest BCUT2D eigenvalue weighted by molar-refractivity contribution is 6.05. The predicted octanol–water partition coefficient (Wildman–Crippen LogP) is 2.09. The van der Waals surface area contributed by atoms with Gasteiger partial charge in [0, 0.05) is 36.3 Å². The molecule has 0 spiro atoms. The molecule has 33 heavy (non-hydrogen) atoms. The minimum absolute atomic E-state index is 0. The molecular formula is C23H21ClN6O3. The topological polar surface area (TPSA) is 109 Å². The number of halogens is 1. The SMILES string of the molecule is Cl.O=C1CCC(N2Cc3ccc(-n4cc(-c5ccc6c(c5)NCC6)nn4)cc3C2=O)C(=O)N1. The van der Waals surface area contributed by atoms with E-state index in [1.807, 2.05) is 24.4 Å². The van der Waals surface area contributed by atoms with Crippen molar-refractivity contribution in [3.8, 4) is 16.9 Å². The zero-order valence-corrected chi connectivity index (χ0v) is 18.4. The number of rotatable bonds is 3. The normalized spacial score (nSPS) is 19.0. The lowest BCUT2D eigenvalue weighted by Gasteiger charge is -2.29. The van der Waals surface area contributed by atoms with Gasteiger partial charge >= 0.3 is 0 Å². The van der Waals surface area contributed by atoms with E-state index in [2.05, 4.69) is 33.1 Å². The summed E-state index contributed by atoms with van der Waals surface area (Å²) in [4.78, 5) is 38.3. The number of nitrogens with zero attached hydrogens (tertiary/aromatic N) is 4. The Kier molecular flexibility index (Phi) is 5.13. The monoisotopic (exact) mass is 464 g/mol. The number of amides is 3. The third-order valence-corrected chi connectivity index (χ3v) is 6.39. The quantitative estimate of drug-likeness (QED) is 0.574. The summed E-state index contributed by atoms with van der Waals surface area (Å²) in [5.74, 6) is -0.910. The summed E-state index contributed by atoms with van der Waals surface area (Å²) in [6, 6.07) is 11.2. The van der Waals surface area contributed by atoms with Crippen molar-refractivity contribution in [2.75, 3.05) is 11.9 Å². The molecule has 9 nitrogen and oxygen atoms in total. The van der Waals surface area contributed by atoms with Crippen LogP contribution in [0.4, 0.5) is 5.69 Å². The van der Waals surface area contributed by atoms with Crippen LogP contribution in [0.15, 0.2) is 42.6 Å². The molecule has 1 atom stereocenters. The van der Waals surface area contributed by atoms with Crippen LogP contribution in [-0.4, -0.2) is 50.2 Å². The molecule has 1 unspecified atom stereocenters. The Hall–Kier alpha value is -3.72. The van der Waals surface area contributed by atoms with E-state index in [1.165, 1.54) is 5.56 Å². The van der Waals surface area contributed by atoms with Crippen molar-refractivity contribution in [3.05, 3.63) is 59.3 Å². The van der Waals surface area contributed by atoms with Crippen molar-refractivity contribution >= 4 is 35.8 Å². The number of hydrogen-bond donors (Lipinski definition) is 2. The fourth-order valence-electron chi connectivity index (χ4n) is 4.66. The Bertz CT molecular complexity index is 1300. The van der Waals surface area contributed by atoms with E-state index < -0.39 is 11.9 Å². The summed E-state index contributed by atoms with van der Waals surface area (Å²) < 4.78 is 1.65. The van der Waals surface area contributed by atoms with Crippen LogP contribution in [0.3, 0.4) is 0 Å². The van der Waals surface area contributed by atoms with Crippen molar-refractivity contribution in [2.24, 2.45) is 0 Å². The highest BCUT2D eigenvalue weighted by Crippen LogP contribution is 2.30. The number of piperidine rings is 1. The highest BCUT2D eigenvalue weighted by atomic mass is 35.5. The fourth-order valence-corrected chi connectivity index (χ4v) is 4.66. The third kappa shape index (κ3) is 3.54. The molecule has 1 fully saturated rings. The smallest absolute Gasteiger partial charge is 0.255 e. The first-order valence-corrected chi connectivity index (χ1v) is 10.6.